The highest BCUT2D eigenvalue weighted by Gasteiger charge is 2.27. The minimum atomic E-state index is -0.0214. The Morgan fingerprint density at radius 2 is 1.73 bits per heavy atom. The SMILES string of the molecule is CCCCN(C)C(=O)C[NH+]1CC[NH+](CC(=O)Nc2ccccc2Cl)CC1. The Labute approximate surface area is 161 Å². The van der Waals surface area contributed by atoms with E-state index in [1.165, 1.54) is 9.80 Å². The summed E-state index contributed by atoms with van der Waals surface area (Å²) in [5.41, 5.74) is 0.656. The number of carbonyl (C=O) groups excluding carboxylic acids is 2. The molecule has 1 aliphatic rings. The molecule has 1 heterocycles. The summed E-state index contributed by atoms with van der Waals surface area (Å²) in [6.07, 6.45) is 2.15. The van der Waals surface area contributed by atoms with Gasteiger partial charge >= 0.3 is 0 Å². The number of unbranched alkanes of at least 4 members (excludes halogenated alkanes) is 1. The average Bonchev–Trinajstić information content (AvgIpc) is 2.63. The Morgan fingerprint density at radius 3 is 2.35 bits per heavy atom. The lowest BCUT2D eigenvalue weighted by molar-refractivity contribution is -1.00. The smallest absolute Gasteiger partial charge is 0.279 e. The molecule has 1 saturated heterocycles. The number of quaternary nitrogens is 2. The fourth-order valence-corrected chi connectivity index (χ4v) is 3.35. The van der Waals surface area contributed by atoms with E-state index in [0.29, 0.717) is 23.8 Å². The molecule has 1 aliphatic heterocycles. The van der Waals surface area contributed by atoms with Crippen LogP contribution < -0.4 is 15.1 Å². The van der Waals surface area contributed by atoms with Gasteiger partial charge in [0.2, 0.25) is 0 Å². The molecule has 0 aromatic heterocycles. The van der Waals surface area contributed by atoms with Crippen LogP contribution in [0.1, 0.15) is 19.8 Å². The van der Waals surface area contributed by atoms with Gasteiger partial charge in [-0.15, -0.1) is 0 Å². The zero-order valence-electron chi connectivity index (χ0n) is 15.8. The maximum Gasteiger partial charge on any atom is 0.279 e. The lowest BCUT2D eigenvalue weighted by Crippen LogP contribution is -3.28. The average molecular weight is 383 g/mol. The first kappa shape index (κ1) is 20.7. The van der Waals surface area contributed by atoms with E-state index in [4.69, 9.17) is 11.6 Å². The molecule has 144 valence electrons. The maximum atomic E-state index is 12.2. The normalized spacial score (nSPS) is 19.8. The molecule has 0 aliphatic carbocycles. The molecule has 1 fully saturated rings. The zero-order chi connectivity index (χ0) is 18.9. The van der Waals surface area contributed by atoms with Gasteiger partial charge in [0.05, 0.1) is 10.7 Å². The maximum absolute atomic E-state index is 12.2. The highest BCUT2D eigenvalue weighted by molar-refractivity contribution is 6.33. The van der Waals surface area contributed by atoms with Crippen molar-refractivity contribution < 1.29 is 19.4 Å². The predicted octanol–water partition coefficient (Wildman–Crippen LogP) is -0.680. The number of nitrogens with zero attached hydrogens (tertiary/aromatic N) is 1. The summed E-state index contributed by atoms with van der Waals surface area (Å²) >= 11 is 6.08. The standard InChI is InChI=1S/C19H29ClN4O2/c1-3-4-9-22(2)19(26)15-24-12-10-23(11-13-24)14-18(25)21-17-8-6-5-7-16(17)20/h5-8H,3-4,9-15H2,1-2H3,(H,21,25)/p+2. The van der Waals surface area contributed by atoms with E-state index in [1.807, 2.05) is 24.1 Å². The van der Waals surface area contributed by atoms with Gasteiger partial charge in [-0.25, -0.2) is 0 Å². The van der Waals surface area contributed by atoms with E-state index >= 15 is 0 Å². The fraction of sp³-hybridized carbons (Fsp3) is 0.579. The lowest BCUT2D eigenvalue weighted by Gasteiger charge is -2.30. The second-order valence-corrected chi connectivity index (χ2v) is 7.46. The van der Waals surface area contributed by atoms with E-state index in [1.54, 1.807) is 12.1 Å². The van der Waals surface area contributed by atoms with Gasteiger partial charge in [-0.3, -0.25) is 9.59 Å². The number of hydrogen-bond donors (Lipinski definition) is 3. The Kier molecular flexibility index (Phi) is 8.35. The van der Waals surface area contributed by atoms with Crippen LogP contribution >= 0.6 is 11.6 Å². The largest absolute Gasteiger partial charge is 0.341 e. The molecule has 1 aromatic rings. The number of carbonyl (C=O) groups is 2. The molecule has 6 nitrogen and oxygen atoms in total. The van der Waals surface area contributed by atoms with E-state index < -0.39 is 0 Å². The molecule has 0 atom stereocenters. The van der Waals surface area contributed by atoms with Crippen LogP contribution in [0.4, 0.5) is 5.69 Å². The quantitative estimate of drug-likeness (QED) is 0.558. The molecule has 2 amide bonds. The number of nitrogens with one attached hydrogen (secondary N) is 3. The first-order valence-electron chi connectivity index (χ1n) is 9.45. The van der Waals surface area contributed by atoms with Gasteiger partial charge in [-0.05, 0) is 18.6 Å². The van der Waals surface area contributed by atoms with Crippen molar-refractivity contribution in [2.75, 3.05) is 58.2 Å². The van der Waals surface area contributed by atoms with Gasteiger partial charge in [0.1, 0.15) is 26.2 Å². The van der Waals surface area contributed by atoms with Crippen LogP contribution in [0.3, 0.4) is 0 Å². The highest BCUT2D eigenvalue weighted by Crippen LogP contribution is 2.19. The van der Waals surface area contributed by atoms with Crippen molar-refractivity contribution in [2.45, 2.75) is 19.8 Å². The van der Waals surface area contributed by atoms with Crippen LogP contribution in [0, 0.1) is 0 Å². The third-order valence-electron chi connectivity index (χ3n) is 4.90. The topological polar surface area (TPSA) is 58.3 Å². The number of likely N-dealkylation sites (N-methyl/N-ethyl adjacent to an activating group) is 1. The van der Waals surface area contributed by atoms with Crippen LogP contribution in [0.5, 0.6) is 0 Å². The molecule has 3 N–H and O–H groups in total. The second kappa shape index (κ2) is 10.5. The van der Waals surface area contributed by atoms with Gasteiger partial charge in [0, 0.05) is 13.6 Å². The number of benzene rings is 1. The summed E-state index contributed by atoms with van der Waals surface area (Å²) in [5.74, 6) is 0.195. The van der Waals surface area contributed by atoms with E-state index in [9.17, 15) is 9.59 Å². The third kappa shape index (κ3) is 6.59. The number of hydrogen-bond acceptors (Lipinski definition) is 2. The number of piperazine rings is 1. The molecule has 0 radical (unpaired) electrons. The number of amides is 2. The van der Waals surface area contributed by atoms with Crippen molar-refractivity contribution in [3.8, 4) is 0 Å². The van der Waals surface area contributed by atoms with Crippen LogP contribution in [-0.4, -0.2) is 69.6 Å². The Hall–Kier alpha value is -1.63. The number of para-hydroxylation sites is 1. The monoisotopic (exact) mass is 382 g/mol. The van der Waals surface area contributed by atoms with Crippen molar-refractivity contribution in [3.05, 3.63) is 29.3 Å². The second-order valence-electron chi connectivity index (χ2n) is 7.05. The molecule has 1 aromatic carbocycles. The third-order valence-corrected chi connectivity index (χ3v) is 5.23. The Balaban J connectivity index is 1.70. The predicted molar refractivity (Wildman–Crippen MR) is 104 cm³/mol. The molecule has 0 saturated carbocycles. The summed E-state index contributed by atoms with van der Waals surface area (Å²) in [4.78, 5) is 28.9. The number of rotatable bonds is 8. The molecule has 0 spiro atoms. The van der Waals surface area contributed by atoms with Crippen LogP contribution in [0.25, 0.3) is 0 Å². The van der Waals surface area contributed by atoms with E-state index in [0.717, 1.165) is 45.6 Å². The fourth-order valence-electron chi connectivity index (χ4n) is 3.16. The highest BCUT2D eigenvalue weighted by atomic mass is 35.5. The summed E-state index contributed by atoms with van der Waals surface area (Å²) in [5, 5.41) is 3.43. The molecule has 26 heavy (non-hydrogen) atoms. The van der Waals surface area contributed by atoms with Crippen LogP contribution in [0.15, 0.2) is 24.3 Å². The van der Waals surface area contributed by atoms with Gasteiger partial charge in [-0.1, -0.05) is 37.1 Å². The molecule has 0 bridgehead atoms. The van der Waals surface area contributed by atoms with Crippen molar-refractivity contribution in [2.24, 2.45) is 0 Å². The number of anilines is 1. The molecule has 0 unspecified atom stereocenters. The molecule has 2 rings (SSSR count). The molecular formula is C19H31ClN4O2+2. The number of halogens is 1. The summed E-state index contributed by atoms with van der Waals surface area (Å²) < 4.78 is 0. The molecular weight excluding hydrogens is 352 g/mol. The van der Waals surface area contributed by atoms with Crippen LogP contribution in [0.2, 0.25) is 5.02 Å². The minimum absolute atomic E-state index is 0.0214. The summed E-state index contributed by atoms with van der Waals surface area (Å²) in [7, 11) is 1.89. The van der Waals surface area contributed by atoms with Crippen molar-refractivity contribution in [1.82, 2.24) is 4.90 Å². The van der Waals surface area contributed by atoms with Crippen molar-refractivity contribution in [1.29, 1.82) is 0 Å². The van der Waals surface area contributed by atoms with Gasteiger partial charge in [0.25, 0.3) is 11.8 Å². The first-order valence-corrected chi connectivity index (χ1v) is 9.83. The van der Waals surface area contributed by atoms with Crippen molar-refractivity contribution in [3.63, 3.8) is 0 Å². The van der Waals surface area contributed by atoms with E-state index in [-0.39, 0.29) is 11.8 Å². The zero-order valence-corrected chi connectivity index (χ0v) is 16.6. The lowest BCUT2D eigenvalue weighted by atomic mass is 10.2. The Bertz CT molecular complexity index is 603. The van der Waals surface area contributed by atoms with Crippen LogP contribution in [-0.2, 0) is 9.59 Å². The Morgan fingerprint density at radius 1 is 1.12 bits per heavy atom. The summed E-state index contributed by atoms with van der Waals surface area (Å²) in [6.45, 7) is 7.59. The van der Waals surface area contributed by atoms with Crippen molar-refractivity contribution >= 4 is 29.1 Å². The first-order chi connectivity index (χ1) is 12.5. The van der Waals surface area contributed by atoms with E-state index in [2.05, 4.69) is 12.2 Å². The van der Waals surface area contributed by atoms with Gasteiger partial charge < -0.3 is 20.0 Å². The van der Waals surface area contributed by atoms with Gasteiger partial charge in [0.15, 0.2) is 13.1 Å². The van der Waals surface area contributed by atoms with Gasteiger partial charge in [-0.2, -0.15) is 0 Å². The molecule has 7 heteroatoms. The minimum Gasteiger partial charge on any atom is -0.341 e. The summed E-state index contributed by atoms with van der Waals surface area (Å²) in [6, 6.07) is 7.26.